The van der Waals surface area contributed by atoms with Gasteiger partial charge in [0.25, 0.3) is 5.91 Å². The molecule has 2 aliphatic rings. The third kappa shape index (κ3) is 1.37. The van der Waals surface area contributed by atoms with E-state index in [-0.39, 0.29) is 12.1 Å². The number of ether oxygens (including phenoxy) is 1. The first-order valence-corrected chi connectivity index (χ1v) is 5.59. The Hall–Kier alpha value is -1.26. The highest BCUT2D eigenvalue weighted by molar-refractivity contribution is 6.34. The normalized spacial score (nSPS) is 23.4. The fraction of sp³-hybridized carbons (Fsp3) is 0.364. The van der Waals surface area contributed by atoms with Crippen molar-refractivity contribution < 1.29 is 9.53 Å². The Kier molecular flexibility index (Phi) is 2.26. The van der Waals surface area contributed by atoms with Crippen LogP contribution in [0.15, 0.2) is 18.2 Å². The molecule has 2 aliphatic heterocycles. The number of halogens is 1. The molecule has 1 aromatic rings. The van der Waals surface area contributed by atoms with E-state index in [1.807, 2.05) is 0 Å². The molecule has 1 aromatic carbocycles. The van der Waals surface area contributed by atoms with Gasteiger partial charge < -0.3 is 15.0 Å². The Bertz CT molecular complexity index is 450. The van der Waals surface area contributed by atoms with E-state index in [1.165, 1.54) is 0 Å². The Labute approximate surface area is 98.1 Å². The molecule has 1 atom stereocenters. The van der Waals surface area contributed by atoms with Crippen LogP contribution < -0.4 is 5.32 Å². The van der Waals surface area contributed by atoms with Gasteiger partial charge in [-0.05, 0) is 12.1 Å². The minimum atomic E-state index is -0.0892. The molecule has 4 nitrogen and oxygen atoms in total. The second-order valence-electron chi connectivity index (χ2n) is 3.90. The molecule has 0 bridgehead atoms. The molecular formula is C11H11ClN2O2. The number of carbonyl (C=O) groups is 1. The standard InChI is InChI=1S/C11H11ClN2O2/c12-8-3-1-2-7-10(8)13-9-6-16-5-4-14(9)11(7)15/h1-3,9,13H,4-6H2. The number of rotatable bonds is 0. The SMILES string of the molecule is O=C1c2cccc(Cl)c2NC2COCCN12. The number of hydrogen-bond acceptors (Lipinski definition) is 3. The van der Waals surface area contributed by atoms with Crippen molar-refractivity contribution in [2.24, 2.45) is 0 Å². The van der Waals surface area contributed by atoms with Crippen LogP contribution in [0.2, 0.25) is 5.02 Å². The first-order chi connectivity index (χ1) is 7.77. The van der Waals surface area contributed by atoms with Gasteiger partial charge >= 0.3 is 0 Å². The van der Waals surface area contributed by atoms with Crippen LogP contribution in [0.3, 0.4) is 0 Å². The Morgan fingerprint density at radius 3 is 3.25 bits per heavy atom. The van der Waals surface area contributed by atoms with Gasteiger partial charge in [-0.25, -0.2) is 0 Å². The van der Waals surface area contributed by atoms with Crippen LogP contribution in [-0.2, 0) is 4.74 Å². The van der Waals surface area contributed by atoms with E-state index in [1.54, 1.807) is 23.1 Å². The Morgan fingerprint density at radius 1 is 1.50 bits per heavy atom. The minimum absolute atomic E-state index is 0.0320. The van der Waals surface area contributed by atoms with E-state index < -0.39 is 0 Å². The number of nitrogens with zero attached hydrogens (tertiary/aromatic N) is 1. The van der Waals surface area contributed by atoms with Crippen molar-refractivity contribution in [1.82, 2.24) is 4.90 Å². The van der Waals surface area contributed by atoms with Crippen molar-refractivity contribution >= 4 is 23.2 Å². The minimum Gasteiger partial charge on any atom is -0.376 e. The molecule has 0 aliphatic carbocycles. The van der Waals surface area contributed by atoms with Crippen molar-refractivity contribution in [3.63, 3.8) is 0 Å². The van der Waals surface area contributed by atoms with Crippen LogP contribution in [0.25, 0.3) is 0 Å². The fourth-order valence-corrected chi connectivity index (χ4v) is 2.37. The maximum atomic E-state index is 12.2. The van der Waals surface area contributed by atoms with Crippen LogP contribution in [0.4, 0.5) is 5.69 Å². The summed E-state index contributed by atoms with van der Waals surface area (Å²) in [6, 6.07) is 5.36. The van der Waals surface area contributed by atoms with Gasteiger partial charge in [0.05, 0.1) is 29.5 Å². The summed E-state index contributed by atoms with van der Waals surface area (Å²) < 4.78 is 5.34. The number of para-hydroxylation sites is 1. The summed E-state index contributed by atoms with van der Waals surface area (Å²) in [7, 11) is 0. The first-order valence-electron chi connectivity index (χ1n) is 5.21. The summed E-state index contributed by atoms with van der Waals surface area (Å²) in [6.07, 6.45) is -0.0892. The molecule has 1 N–H and O–H groups in total. The molecule has 0 aromatic heterocycles. The molecule has 2 heterocycles. The van der Waals surface area contributed by atoms with Crippen molar-refractivity contribution in [2.45, 2.75) is 6.17 Å². The highest BCUT2D eigenvalue weighted by Gasteiger charge is 2.34. The zero-order valence-electron chi connectivity index (χ0n) is 8.57. The molecular weight excluding hydrogens is 228 g/mol. The van der Waals surface area contributed by atoms with Gasteiger partial charge in [0.2, 0.25) is 0 Å². The molecule has 1 fully saturated rings. The van der Waals surface area contributed by atoms with Gasteiger partial charge in [0.1, 0.15) is 6.17 Å². The predicted molar refractivity (Wildman–Crippen MR) is 60.7 cm³/mol. The topological polar surface area (TPSA) is 41.6 Å². The molecule has 1 amide bonds. The third-order valence-electron chi connectivity index (χ3n) is 2.94. The molecule has 16 heavy (non-hydrogen) atoms. The van der Waals surface area contributed by atoms with E-state index in [2.05, 4.69) is 5.32 Å². The maximum absolute atomic E-state index is 12.2. The van der Waals surface area contributed by atoms with E-state index in [0.29, 0.717) is 30.3 Å². The second-order valence-corrected chi connectivity index (χ2v) is 4.30. The van der Waals surface area contributed by atoms with Crippen molar-refractivity contribution in [2.75, 3.05) is 25.1 Å². The smallest absolute Gasteiger partial charge is 0.257 e. The predicted octanol–water partition coefficient (Wildman–Crippen LogP) is 1.56. The highest BCUT2D eigenvalue weighted by atomic mass is 35.5. The molecule has 0 spiro atoms. The lowest BCUT2D eigenvalue weighted by atomic mass is 10.1. The van der Waals surface area contributed by atoms with Crippen molar-refractivity contribution in [3.05, 3.63) is 28.8 Å². The zero-order valence-corrected chi connectivity index (χ0v) is 9.33. The van der Waals surface area contributed by atoms with Crippen LogP contribution in [-0.4, -0.2) is 36.7 Å². The molecule has 1 unspecified atom stereocenters. The molecule has 5 heteroatoms. The molecule has 84 valence electrons. The number of morpholine rings is 1. The number of nitrogens with one attached hydrogen (secondary N) is 1. The first kappa shape index (κ1) is 9.93. The summed E-state index contributed by atoms with van der Waals surface area (Å²) in [5.41, 5.74) is 1.37. The highest BCUT2D eigenvalue weighted by Crippen LogP contribution is 2.32. The third-order valence-corrected chi connectivity index (χ3v) is 3.26. The van der Waals surface area contributed by atoms with Crippen LogP contribution in [0, 0.1) is 0 Å². The van der Waals surface area contributed by atoms with Gasteiger partial charge in [-0.15, -0.1) is 0 Å². The lowest BCUT2D eigenvalue weighted by Crippen LogP contribution is -2.55. The Morgan fingerprint density at radius 2 is 2.38 bits per heavy atom. The molecule has 1 saturated heterocycles. The lowest BCUT2D eigenvalue weighted by Gasteiger charge is -2.40. The fourth-order valence-electron chi connectivity index (χ4n) is 2.14. The summed E-state index contributed by atoms with van der Waals surface area (Å²) in [4.78, 5) is 14.0. The van der Waals surface area contributed by atoms with Crippen LogP contribution >= 0.6 is 11.6 Å². The van der Waals surface area contributed by atoms with Crippen molar-refractivity contribution in [3.8, 4) is 0 Å². The molecule has 0 saturated carbocycles. The number of hydrogen-bond donors (Lipinski definition) is 1. The Balaban J connectivity index is 2.06. The van der Waals surface area contributed by atoms with Gasteiger partial charge in [0.15, 0.2) is 0 Å². The van der Waals surface area contributed by atoms with Crippen LogP contribution in [0.1, 0.15) is 10.4 Å². The van der Waals surface area contributed by atoms with Gasteiger partial charge in [0, 0.05) is 6.54 Å². The van der Waals surface area contributed by atoms with E-state index in [4.69, 9.17) is 16.3 Å². The summed E-state index contributed by atoms with van der Waals surface area (Å²) in [6.45, 7) is 1.73. The zero-order chi connectivity index (χ0) is 11.1. The maximum Gasteiger partial charge on any atom is 0.257 e. The number of carbonyl (C=O) groups excluding carboxylic acids is 1. The number of amides is 1. The molecule has 3 rings (SSSR count). The monoisotopic (exact) mass is 238 g/mol. The quantitative estimate of drug-likeness (QED) is 0.746. The number of anilines is 1. The van der Waals surface area contributed by atoms with E-state index >= 15 is 0 Å². The summed E-state index contributed by atoms with van der Waals surface area (Å²) >= 11 is 6.06. The largest absolute Gasteiger partial charge is 0.376 e. The second kappa shape index (κ2) is 3.64. The summed E-state index contributed by atoms with van der Waals surface area (Å²) in [5, 5.41) is 3.83. The van der Waals surface area contributed by atoms with Crippen LogP contribution in [0.5, 0.6) is 0 Å². The van der Waals surface area contributed by atoms with E-state index in [0.717, 1.165) is 5.69 Å². The van der Waals surface area contributed by atoms with Gasteiger partial charge in [-0.3, -0.25) is 4.79 Å². The lowest BCUT2D eigenvalue weighted by molar-refractivity contribution is 0.00407. The number of fused-ring (bicyclic) bond motifs is 2. The van der Waals surface area contributed by atoms with E-state index in [9.17, 15) is 4.79 Å². The van der Waals surface area contributed by atoms with Crippen molar-refractivity contribution in [1.29, 1.82) is 0 Å². The summed E-state index contributed by atoms with van der Waals surface area (Å²) in [5.74, 6) is 0.0320. The average molecular weight is 239 g/mol. The number of benzene rings is 1. The molecule has 0 radical (unpaired) electrons. The van der Waals surface area contributed by atoms with Gasteiger partial charge in [-0.2, -0.15) is 0 Å². The average Bonchev–Trinajstić information content (AvgIpc) is 2.31. The van der Waals surface area contributed by atoms with Gasteiger partial charge in [-0.1, -0.05) is 17.7 Å².